The molecule has 1 aromatic rings. The van der Waals surface area contributed by atoms with Gasteiger partial charge in [0.2, 0.25) is 0 Å². The van der Waals surface area contributed by atoms with Gasteiger partial charge in [0.25, 0.3) is 5.91 Å². The molecule has 4 nitrogen and oxygen atoms in total. The zero-order valence-electron chi connectivity index (χ0n) is 10.4. The van der Waals surface area contributed by atoms with Gasteiger partial charge in [0.1, 0.15) is 5.75 Å². The van der Waals surface area contributed by atoms with Crippen molar-refractivity contribution in [1.82, 2.24) is 5.32 Å². The Morgan fingerprint density at radius 3 is 2.59 bits per heavy atom. The molecular formula is C13H19NO3. The van der Waals surface area contributed by atoms with E-state index in [1.54, 1.807) is 19.1 Å². The fourth-order valence-electron chi connectivity index (χ4n) is 1.29. The molecule has 1 aromatic carbocycles. The number of aromatic hydroxyl groups is 1. The van der Waals surface area contributed by atoms with Crippen molar-refractivity contribution < 1.29 is 15.0 Å². The van der Waals surface area contributed by atoms with Crippen LogP contribution in [0.15, 0.2) is 18.2 Å². The van der Waals surface area contributed by atoms with Crippen molar-refractivity contribution in [3.05, 3.63) is 29.3 Å². The number of phenols is 1. The molecule has 17 heavy (non-hydrogen) atoms. The number of aryl methyl sites for hydroxylation is 1. The van der Waals surface area contributed by atoms with Crippen LogP contribution in [-0.2, 0) is 0 Å². The van der Waals surface area contributed by atoms with Crippen LogP contribution in [0.2, 0.25) is 0 Å². The molecule has 0 heterocycles. The third kappa shape index (κ3) is 3.75. The zero-order valence-corrected chi connectivity index (χ0v) is 10.4. The number of amides is 1. The van der Waals surface area contributed by atoms with Crippen LogP contribution >= 0.6 is 0 Å². The Balaban J connectivity index is 2.61. The molecule has 0 bridgehead atoms. The Morgan fingerprint density at radius 2 is 2.06 bits per heavy atom. The number of carbonyl (C=O) groups is 1. The second-order valence-corrected chi connectivity index (χ2v) is 4.52. The third-order valence-electron chi connectivity index (χ3n) is 2.71. The summed E-state index contributed by atoms with van der Waals surface area (Å²) < 4.78 is 0. The first-order chi connectivity index (χ1) is 7.91. The first-order valence-electron chi connectivity index (χ1n) is 5.67. The van der Waals surface area contributed by atoms with E-state index in [0.29, 0.717) is 5.56 Å². The van der Waals surface area contributed by atoms with Crippen LogP contribution in [0, 0.1) is 12.8 Å². The maximum Gasteiger partial charge on any atom is 0.251 e. The van der Waals surface area contributed by atoms with Gasteiger partial charge in [-0.1, -0.05) is 19.9 Å². The molecule has 0 fully saturated rings. The van der Waals surface area contributed by atoms with Crippen molar-refractivity contribution in [3.63, 3.8) is 0 Å². The lowest BCUT2D eigenvalue weighted by Gasteiger charge is -2.15. The topological polar surface area (TPSA) is 69.6 Å². The summed E-state index contributed by atoms with van der Waals surface area (Å²) in [5.41, 5.74) is 1.12. The van der Waals surface area contributed by atoms with Crippen LogP contribution in [0.3, 0.4) is 0 Å². The van der Waals surface area contributed by atoms with Crippen molar-refractivity contribution in [3.8, 4) is 5.75 Å². The summed E-state index contributed by atoms with van der Waals surface area (Å²) >= 11 is 0. The van der Waals surface area contributed by atoms with Gasteiger partial charge < -0.3 is 15.5 Å². The molecule has 0 radical (unpaired) electrons. The molecule has 1 rings (SSSR count). The van der Waals surface area contributed by atoms with Gasteiger partial charge >= 0.3 is 0 Å². The van der Waals surface area contributed by atoms with Crippen molar-refractivity contribution >= 4 is 5.91 Å². The van der Waals surface area contributed by atoms with Gasteiger partial charge in [-0.2, -0.15) is 0 Å². The maximum absolute atomic E-state index is 11.7. The highest BCUT2D eigenvalue weighted by atomic mass is 16.3. The highest BCUT2D eigenvalue weighted by Gasteiger charge is 2.12. The van der Waals surface area contributed by atoms with Crippen LogP contribution in [0.25, 0.3) is 0 Å². The lowest BCUT2D eigenvalue weighted by atomic mass is 10.1. The van der Waals surface area contributed by atoms with Gasteiger partial charge in [-0.05, 0) is 30.5 Å². The fraction of sp³-hybridized carbons (Fsp3) is 0.462. The van der Waals surface area contributed by atoms with Gasteiger partial charge in [0.15, 0.2) is 0 Å². The first kappa shape index (κ1) is 13.5. The Kier molecular flexibility index (Phi) is 4.52. The quantitative estimate of drug-likeness (QED) is 0.742. The molecular weight excluding hydrogens is 218 g/mol. The summed E-state index contributed by atoms with van der Waals surface area (Å²) in [5, 5.41) is 21.7. The Labute approximate surface area is 101 Å². The van der Waals surface area contributed by atoms with Crippen molar-refractivity contribution in [2.24, 2.45) is 5.92 Å². The maximum atomic E-state index is 11.7. The van der Waals surface area contributed by atoms with Gasteiger partial charge in [0.05, 0.1) is 6.10 Å². The fourth-order valence-corrected chi connectivity index (χ4v) is 1.29. The number of hydrogen-bond acceptors (Lipinski definition) is 3. The van der Waals surface area contributed by atoms with Crippen LogP contribution in [0.1, 0.15) is 29.8 Å². The second-order valence-electron chi connectivity index (χ2n) is 4.52. The summed E-state index contributed by atoms with van der Waals surface area (Å²) in [6.45, 7) is 5.74. The van der Waals surface area contributed by atoms with Crippen LogP contribution in [0.5, 0.6) is 5.75 Å². The molecule has 0 saturated carbocycles. The second kappa shape index (κ2) is 5.68. The highest BCUT2D eigenvalue weighted by Crippen LogP contribution is 2.17. The summed E-state index contributed by atoms with van der Waals surface area (Å²) in [6.07, 6.45) is -0.557. The van der Waals surface area contributed by atoms with Crippen molar-refractivity contribution in [1.29, 1.82) is 0 Å². The minimum atomic E-state index is -0.557. The molecule has 0 aromatic heterocycles. The van der Waals surface area contributed by atoms with E-state index in [2.05, 4.69) is 5.32 Å². The SMILES string of the molecule is Cc1ccc(C(=O)NCC(O)C(C)C)cc1O. The standard InChI is InChI=1S/C13H19NO3/c1-8(2)12(16)7-14-13(17)10-5-4-9(3)11(15)6-10/h4-6,8,12,15-16H,7H2,1-3H3,(H,14,17). The van der Waals surface area contributed by atoms with E-state index in [0.717, 1.165) is 5.56 Å². The predicted molar refractivity (Wildman–Crippen MR) is 66.0 cm³/mol. The van der Waals surface area contributed by atoms with Gasteiger partial charge in [-0.3, -0.25) is 4.79 Å². The largest absolute Gasteiger partial charge is 0.508 e. The summed E-state index contributed by atoms with van der Waals surface area (Å²) in [4.78, 5) is 11.7. The van der Waals surface area contributed by atoms with Crippen LogP contribution in [0.4, 0.5) is 0 Å². The zero-order chi connectivity index (χ0) is 13.0. The van der Waals surface area contributed by atoms with E-state index in [9.17, 15) is 15.0 Å². The molecule has 1 atom stereocenters. The van der Waals surface area contributed by atoms with Crippen LogP contribution < -0.4 is 5.32 Å². The minimum absolute atomic E-state index is 0.0988. The number of phenolic OH excluding ortho intramolecular Hbond substituents is 1. The minimum Gasteiger partial charge on any atom is -0.508 e. The number of rotatable bonds is 4. The molecule has 0 aliphatic heterocycles. The van der Waals surface area contributed by atoms with E-state index in [1.165, 1.54) is 6.07 Å². The number of benzene rings is 1. The average Bonchev–Trinajstić information content (AvgIpc) is 2.28. The molecule has 4 heteroatoms. The van der Waals surface area contributed by atoms with Crippen LogP contribution in [-0.4, -0.2) is 28.8 Å². The number of hydrogen-bond donors (Lipinski definition) is 3. The van der Waals surface area contributed by atoms with Gasteiger partial charge in [-0.15, -0.1) is 0 Å². The molecule has 0 spiro atoms. The lowest BCUT2D eigenvalue weighted by Crippen LogP contribution is -2.34. The predicted octanol–water partition coefficient (Wildman–Crippen LogP) is 1.45. The molecule has 0 saturated heterocycles. The third-order valence-corrected chi connectivity index (χ3v) is 2.71. The average molecular weight is 237 g/mol. The molecule has 1 amide bonds. The summed E-state index contributed by atoms with van der Waals surface area (Å²) in [7, 11) is 0. The molecule has 0 aliphatic rings. The van der Waals surface area contributed by atoms with E-state index in [-0.39, 0.29) is 24.1 Å². The number of aliphatic hydroxyl groups excluding tert-OH is 1. The molecule has 0 aliphatic carbocycles. The lowest BCUT2D eigenvalue weighted by molar-refractivity contribution is 0.0871. The Morgan fingerprint density at radius 1 is 1.41 bits per heavy atom. The van der Waals surface area contributed by atoms with Crippen molar-refractivity contribution in [2.75, 3.05) is 6.54 Å². The van der Waals surface area contributed by atoms with Gasteiger partial charge in [0, 0.05) is 12.1 Å². The Hall–Kier alpha value is -1.55. The monoisotopic (exact) mass is 237 g/mol. The number of nitrogens with one attached hydrogen (secondary N) is 1. The molecule has 3 N–H and O–H groups in total. The molecule has 1 unspecified atom stereocenters. The Bertz CT molecular complexity index is 402. The van der Waals surface area contributed by atoms with E-state index >= 15 is 0 Å². The molecule has 94 valence electrons. The summed E-state index contributed by atoms with van der Waals surface area (Å²) in [6, 6.07) is 4.75. The van der Waals surface area contributed by atoms with Gasteiger partial charge in [-0.25, -0.2) is 0 Å². The number of carbonyl (C=O) groups excluding carboxylic acids is 1. The highest BCUT2D eigenvalue weighted by molar-refractivity contribution is 5.94. The normalized spacial score (nSPS) is 12.5. The van der Waals surface area contributed by atoms with E-state index in [1.807, 2.05) is 13.8 Å². The van der Waals surface area contributed by atoms with E-state index in [4.69, 9.17) is 0 Å². The smallest absolute Gasteiger partial charge is 0.251 e. The summed E-state index contributed by atoms with van der Waals surface area (Å²) in [5.74, 6) is -0.0937. The van der Waals surface area contributed by atoms with E-state index < -0.39 is 6.10 Å². The number of aliphatic hydroxyl groups is 1. The first-order valence-corrected chi connectivity index (χ1v) is 5.67. The van der Waals surface area contributed by atoms with Crippen molar-refractivity contribution in [2.45, 2.75) is 26.9 Å².